The fourth-order valence-electron chi connectivity index (χ4n) is 3.25. The second kappa shape index (κ2) is 6.16. The Labute approximate surface area is 148 Å². The molecule has 2 aromatic rings. The van der Waals surface area contributed by atoms with Crippen LogP contribution in [0.1, 0.15) is 33.4 Å². The topological polar surface area (TPSA) is 68.5 Å². The lowest BCUT2D eigenvalue weighted by molar-refractivity contribution is 0.0234. The number of aryl methyl sites for hydroxylation is 2. The van der Waals surface area contributed by atoms with Crippen molar-refractivity contribution in [2.45, 2.75) is 37.7 Å². The van der Waals surface area contributed by atoms with Crippen molar-refractivity contribution in [3.63, 3.8) is 0 Å². The number of oxazole rings is 1. The van der Waals surface area contributed by atoms with Gasteiger partial charge in [0.2, 0.25) is 5.76 Å². The highest BCUT2D eigenvalue weighted by molar-refractivity contribution is 8.01. The third-order valence-electron chi connectivity index (χ3n) is 4.49. The molecule has 1 unspecified atom stereocenters. The fraction of sp³-hybridized carbons (Fsp3) is 0.562. The van der Waals surface area contributed by atoms with Crippen molar-refractivity contribution in [3.8, 4) is 0 Å². The maximum Gasteiger partial charge on any atom is 0.291 e. The van der Waals surface area contributed by atoms with Crippen LogP contribution in [0.2, 0.25) is 0 Å². The molecular formula is C16H19N3O3S2. The number of hydrogen-bond acceptors (Lipinski definition) is 7. The van der Waals surface area contributed by atoms with Gasteiger partial charge in [0.05, 0.1) is 33.9 Å². The van der Waals surface area contributed by atoms with Crippen LogP contribution >= 0.6 is 23.1 Å². The average molecular weight is 365 g/mol. The molecule has 2 saturated heterocycles. The number of aromatic nitrogens is 2. The molecule has 1 amide bonds. The van der Waals surface area contributed by atoms with Gasteiger partial charge in [-0.3, -0.25) is 4.79 Å². The zero-order valence-electron chi connectivity index (χ0n) is 13.7. The number of thioether (sulfide) groups is 1. The predicted molar refractivity (Wildman–Crippen MR) is 92.4 cm³/mol. The van der Waals surface area contributed by atoms with E-state index in [2.05, 4.69) is 15.3 Å². The highest BCUT2D eigenvalue weighted by Gasteiger charge is 2.51. The van der Waals surface area contributed by atoms with Gasteiger partial charge in [0, 0.05) is 24.2 Å². The summed E-state index contributed by atoms with van der Waals surface area (Å²) in [5.41, 5.74) is 1.66. The van der Waals surface area contributed by atoms with Crippen LogP contribution in [0, 0.1) is 13.8 Å². The predicted octanol–water partition coefficient (Wildman–Crippen LogP) is 2.66. The van der Waals surface area contributed by atoms with E-state index in [1.807, 2.05) is 23.6 Å². The Morgan fingerprint density at radius 1 is 1.50 bits per heavy atom. The zero-order valence-corrected chi connectivity index (χ0v) is 15.3. The summed E-state index contributed by atoms with van der Waals surface area (Å²) in [4.78, 5) is 22.6. The molecule has 8 heteroatoms. The van der Waals surface area contributed by atoms with Crippen molar-refractivity contribution < 1.29 is 13.9 Å². The van der Waals surface area contributed by atoms with E-state index in [-0.39, 0.29) is 16.8 Å². The van der Waals surface area contributed by atoms with Gasteiger partial charge < -0.3 is 14.1 Å². The summed E-state index contributed by atoms with van der Waals surface area (Å²) in [6, 6.07) is 0. The van der Waals surface area contributed by atoms with Gasteiger partial charge in [-0.05, 0) is 20.3 Å². The first-order valence-corrected chi connectivity index (χ1v) is 9.77. The van der Waals surface area contributed by atoms with Gasteiger partial charge in [-0.25, -0.2) is 9.97 Å². The van der Waals surface area contributed by atoms with Gasteiger partial charge in [0.1, 0.15) is 0 Å². The smallest absolute Gasteiger partial charge is 0.291 e. The first kappa shape index (κ1) is 16.1. The van der Waals surface area contributed by atoms with Crippen molar-refractivity contribution in [3.05, 3.63) is 33.9 Å². The monoisotopic (exact) mass is 365 g/mol. The zero-order chi connectivity index (χ0) is 16.7. The van der Waals surface area contributed by atoms with Crippen molar-refractivity contribution >= 4 is 29.0 Å². The average Bonchev–Trinajstić information content (AvgIpc) is 3.22. The third kappa shape index (κ3) is 2.98. The molecule has 24 heavy (non-hydrogen) atoms. The number of ether oxygens (including phenoxy) is 1. The van der Waals surface area contributed by atoms with Crippen LogP contribution in [0.5, 0.6) is 0 Å². The van der Waals surface area contributed by atoms with Crippen LogP contribution in [0.3, 0.4) is 0 Å². The molecule has 1 atom stereocenters. The Morgan fingerprint density at radius 2 is 2.33 bits per heavy atom. The summed E-state index contributed by atoms with van der Waals surface area (Å²) in [5.74, 6) is 1.28. The van der Waals surface area contributed by atoms with E-state index in [0.717, 1.165) is 36.0 Å². The number of likely N-dealkylation sites (tertiary alicyclic amines) is 1. The van der Waals surface area contributed by atoms with Crippen LogP contribution in [-0.2, 0) is 11.3 Å². The molecule has 0 aromatic carbocycles. The Bertz CT molecular complexity index is 751. The van der Waals surface area contributed by atoms with E-state index in [1.165, 1.54) is 6.39 Å². The second-order valence-corrected chi connectivity index (χ2v) is 8.97. The Kier molecular flexibility index (Phi) is 4.14. The van der Waals surface area contributed by atoms with Crippen LogP contribution in [0.15, 0.2) is 16.2 Å². The number of nitrogens with zero attached hydrogens (tertiary/aromatic N) is 3. The van der Waals surface area contributed by atoms with Gasteiger partial charge >= 0.3 is 0 Å². The van der Waals surface area contributed by atoms with E-state index in [0.29, 0.717) is 18.1 Å². The van der Waals surface area contributed by atoms with Crippen LogP contribution in [0.4, 0.5) is 0 Å². The van der Waals surface area contributed by atoms with Gasteiger partial charge in [-0.1, -0.05) is 0 Å². The fourth-order valence-corrected chi connectivity index (χ4v) is 5.40. The molecule has 2 aromatic heterocycles. The largest absolute Gasteiger partial charge is 0.438 e. The summed E-state index contributed by atoms with van der Waals surface area (Å²) >= 11 is 3.57. The van der Waals surface area contributed by atoms with Crippen LogP contribution in [-0.4, -0.2) is 50.5 Å². The minimum Gasteiger partial charge on any atom is -0.438 e. The lowest BCUT2D eigenvalue weighted by atomic mass is 9.92. The maximum atomic E-state index is 12.4. The normalized spacial score (nSPS) is 22.1. The van der Waals surface area contributed by atoms with Gasteiger partial charge in [0.15, 0.2) is 6.39 Å². The number of hydrogen-bond donors (Lipinski definition) is 0. The molecule has 0 aliphatic carbocycles. The maximum absolute atomic E-state index is 12.4. The van der Waals surface area contributed by atoms with E-state index in [4.69, 9.17) is 9.15 Å². The number of thiazole rings is 1. The Morgan fingerprint density at radius 3 is 3.00 bits per heavy atom. The van der Waals surface area contributed by atoms with Crippen molar-refractivity contribution in [1.82, 2.24) is 14.9 Å². The van der Waals surface area contributed by atoms with Crippen LogP contribution < -0.4 is 0 Å². The molecular weight excluding hydrogens is 346 g/mol. The SMILES string of the molecule is Cc1nc(COC2CSC3(C2)CN(C(=O)c2ocnc2C)C3)cs1. The Balaban J connectivity index is 1.28. The van der Waals surface area contributed by atoms with Gasteiger partial charge in [-0.15, -0.1) is 23.1 Å². The highest BCUT2D eigenvalue weighted by atomic mass is 32.2. The minimum atomic E-state index is -0.0569. The summed E-state index contributed by atoms with van der Waals surface area (Å²) < 4.78 is 11.4. The van der Waals surface area contributed by atoms with Crippen molar-refractivity contribution in [2.75, 3.05) is 18.8 Å². The molecule has 0 bridgehead atoms. The summed E-state index contributed by atoms with van der Waals surface area (Å²) in [5, 5.41) is 3.12. The lowest BCUT2D eigenvalue weighted by Gasteiger charge is -2.47. The molecule has 0 radical (unpaired) electrons. The number of carbonyl (C=O) groups is 1. The molecule has 4 heterocycles. The van der Waals surface area contributed by atoms with Crippen molar-refractivity contribution in [2.24, 2.45) is 0 Å². The molecule has 0 saturated carbocycles. The summed E-state index contributed by atoms with van der Waals surface area (Å²) in [6.07, 6.45) is 2.55. The van der Waals surface area contributed by atoms with Crippen LogP contribution in [0.25, 0.3) is 0 Å². The Hall–Kier alpha value is -1.38. The molecule has 2 aliphatic heterocycles. The lowest BCUT2D eigenvalue weighted by Crippen LogP contribution is -2.60. The van der Waals surface area contributed by atoms with E-state index < -0.39 is 0 Å². The van der Waals surface area contributed by atoms with Gasteiger partial charge in [-0.2, -0.15) is 0 Å². The standard InChI is InChI=1S/C16H19N3O3S2/c1-10-14(22-9-17-10)15(20)19-7-16(8-19)3-13(6-24-16)21-4-12-5-23-11(2)18-12/h5,9,13H,3-4,6-8H2,1-2H3. The molecule has 128 valence electrons. The third-order valence-corrected chi connectivity index (χ3v) is 6.89. The molecule has 2 fully saturated rings. The first-order chi connectivity index (χ1) is 11.5. The van der Waals surface area contributed by atoms with Crippen molar-refractivity contribution in [1.29, 1.82) is 0 Å². The van der Waals surface area contributed by atoms with Gasteiger partial charge in [0.25, 0.3) is 5.91 Å². The molecule has 6 nitrogen and oxygen atoms in total. The van der Waals surface area contributed by atoms with E-state index in [1.54, 1.807) is 18.3 Å². The molecule has 4 rings (SSSR count). The first-order valence-electron chi connectivity index (χ1n) is 7.91. The molecule has 0 N–H and O–H groups in total. The molecule has 1 spiro atoms. The number of amides is 1. The molecule has 2 aliphatic rings. The highest BCUT2D eigenvalue weighted by Crippen LogP contribution is 2.46. The number of carbonyl (C=O) groups excluding carboxylic acids is 1. The number of rotatable bonds is 4. The quantitative estimate of drug-likeness (QED) is 0.830. The van der Waals surface area contributed by atoms with E-state index >= 15 is 0 Å². The van der Waals surface area contributed by atoms with E-state index in [9.17, 15) is 4.79 Å². The summed E-state index contributed by atoms with van der Waals surface area (Å²) in [6.45, 7) is 5.88. The summed E-state index contributed by atoms with van der Waals surface area (Å²) in [7, 11) is 0. The minimum absolute atomic E-state index is 0.0569. The second-order valence-electron chi connectivity index (χ2n) is 6.42.